The van der Waals surface area contributed by atoms with E-state index in [2.05, 4.69) is 24.3 Å². The van der Waals surface area contributed by atoms with Gasteiger partial charge in [-0.25, -0.2) is 4.79 Å². The number of rotatable bonds is 11. The van der Waals surface area contributed by atoms with E-state index >= 15 is 0 Å². The molecule has 0 aromatic carbocycles. The number of piperidine rings is 1. The first kappa shape index (κ1) is 30.5. The molecule has 0 saturated carbocycles. The number of likely N-dealkylation sites (tertiary alicyclic amines) is 2. The molecule has 2 aliphatic rings. The molecule has 4 heterocycles. The number of aliphatic hydroxyl groups excluding tert-OH is 1. The maximum absolute atomic E-state index is 12.9. The number of ether oxygens (including phenoxy) is 1. The minimum absolute atomic E-state index is 0.0129. The van der Waals surface area contributed by atoms with Crippen LogP contribution in [-0.2, 0) is 9.53 Å². The molecule has 2 aromatic heterocycles. The van der Waals surface area contributed by atoms with E-state index in [-0.39, 0.29) is 36.7 Å². The molecule has 1 atom stereocenters. The number of amides is 2. The van der Waals surface area contributed by atoms with E-state index in [1.54, 1.807) is 20.4 Å². The first-order chi connectivity index (χ1) is 19.7. The Kier molecular flexibility index (Phi) is 10.4. The number of nitrogens with one attached hydrogen (secondary N) is 1. The summed E-state index contributed by atoms with van der Waals surface area (Å²) in [6, 6.07) is 0.0955. The van der Waals surface area contributed by atoms with E-state index in [1.807, 2.05) is 43.1 Å². The van der Waals surface area contributed by atoms with E-state index in [0.29, 0.717) is 64.1 Å². The minimum Gasteiger partial charge on any atom is -0.444 e. The summed E-state index contributed by atoms with van der Waals surface area (Å²) in [4.78, 5) is 42.3. The Balaban J connectivity index is 1.34. The Morgan fingerprint density at radius 2 is 1.90 bits per heavy atom. The lowest BCUT2D eigenvalue weighted by atomic mass is 10.1. The number of aliphatic hydroxyl groups is 1. The van der Waals surface area contributed by atoms with Gasteiger partial charge in [-0.1, -0.05) is 19.9 Å². The average Bonchev–Trinajstić information content (AvgIpc) is 3.59. The van der Waals surface area contributed by atoms with Crippen molar-refractivity contribution in [2.45, 2.75) is 58.1 Å². The van der Waals surface area contributed by atoms with Gasteiger partial charge in [0.1, 0.15) is 6.10 Å². The predicted octanol–water partition coefficient (Wildman–Crippen LogP) is 1.80. The van der Waals surface area contributed by atoms with Crippen molar-refractivity contribution in [3.8, 4) is 0 Å². The molecule has 226 valence electrons. The molecular formula is C28H45N9O4. The normalized spacial score (nSPS) is 18.3. The maximum Gasteiger partial charge on any atom is 0.410 e. The topological polar surface area (TPSA) is 132 Å². The van der Waals surface area contributed by atoms with Gasteiger partial charge < -0.3 is 34.8 Å². The van der Waals surface area contributed by atoms with Gasteiger partial charge in [0, 0.05) is 63.4 Å². The summed E-state index contributed by atoms with van der Waals surface area (Å²) < 4.78 is 7.51. The number of aromatic nitrogens is 4. The number of anilines is 2. The maximum atomic E-state index is 12.9. The number of fused-ring (bicyclic) bond motifs is 1. The Morgan fingerprint density at radius 1 is 1.17 bits per heavy atom. The first-order valence-electron chi connectivity index (χ1n) is 14.6. The fraction of sp³-hybridized carbons (Fsp3) is 0.679. The van der Waals surface area contributed by atoms with Crippen molar-refractivity contribution in [2.75, 3.05) is 76.7 Å². The van der Waals surface area contributed by atoms with Crippen molar-refractivity contribution >= 4 is 29.5 Å². The van der Waals surface area contributed by atoms with Crippen molar-refractivity contribution in [1.82, 2.24) is 34.3 Å². The van der Waals surface area contributed by atoms with Crippen molar-refractivity contribution in [3.63, 3.8) is 0 Å². The molecule has 0 spiro atoms. The summed E-state index contributed by atoms with van der Waals surface area (Å²) in [7, 11) is 3.90. The van der Waals surface area contributed by atoms with Gasteiger partial charge in [0.25, 0.3) is 0 Å². The van der Waals surface area contributed by atoms with Crippen molar-refractivity contribution in [3.05, 3.63) is 23.9 Å². The second kappa shape index (κ2) is 13.9. The van der Waals surface area contributed by atoms with E-state index in [0.717, 1.165) is 24.1 Å². The van der Waals surface area contributed by atoms with Gasteiger partial charge in [-0.05, 0) is 39.8 Å². The number of hydrogen-bond acceptors (Lipinski definition) is 10. The van der Waals surface area contributed by atoms with Gasteiger partial charge in [-0.2, -0.15) is 19.6 Å². The highest BCUT2D eigenvalue weighted by molar-refractivity contribution is 5.87. The van der Waals surface area contributed by atoms with E-state index in [4.69, 9.17) is 14.7 Å². The second-order valence-corrected chi connectivity index (χ2v) is 11.3. The van der Waals surface area contributed by atoms with Crippen LogP contribution in [0.5, 0.6) is 0 Å². The van der Waals surface area contributed by atoms with Gasteiger partial charge >= 0.3 is 6.09 Å². The first-order valence-corrected chi connectivity index (χ1v) is 14.6. The molecule has 2 amide bonds. The molecule has 2 saturated heterocycles. The zero-order valence-electron chi connectivity index (χ0n) is 25.0. The van der Waals surface area contributed by atoms with Crippen LogP contribution in [0.2, 0.25) is 0 Å². The lowest BCUT2D eigenvalue weighted by Crippen LogP contribution is -2.44. The molecule has 13 heteroatoms. The van der Waals surface area contributed by atoms with Gasteiger partial charge in [-0.15, -0.1) is 0 Å². The second-order valence-electron chi connectivity index (χ2n) is 11.3. The Hall–Kier alpha value is -3.45. The molecule has 2 aliphatic heterocycles. The van der Waals surface area contributed by atoms with Crippen LogP contribution < -0.4 is 10.2 Å². The number of carbonyl (C=O) groups excluding carboxylic acids is 2. The third-order valence-electron chi connectivity index (χ3n) is 7.58. The van der Waals surface area contributed by atoms with Crippen LogP contribution in [-0.4, -0.2) is 130 Å². The molecule has 0 radical (unpaired) electrons. The monoisotopic (exact) mass is 571 g/mol. The number of nitrogens with zero attached hydrogens (tertiary/aromatic N) is 8. The van der Waals surface area contributed by atoms with Crippen molar-refractivity contribution < 1.29 is 19.4 Å². The molecule has 0 unspecified atom stereocenters. The molecule has 0 aliphatic carbocycles. The Morgan fingerprint density at radius 3 is 2.56 bits per heavy atom. The Labute approximate surface area is 242 Å². The third kappa shape index (κ3) is 7.64. The molecule has 0 bridgehead atoms. The van der Waals surface area contributed by atoms with Gasteiger partial charge in [-0.3, -0.25) is 4.79 Å². The van der Waals surface area contributed by atoms with Crippen LogP contribution in [0, 0.1) is 0 Å². The molecule has 2 N–H and O–H groups in total. The number of likely N-dealkylation sites (N-methyl/N-ethyl adjacent to an activating group) is 2. The van der Waals surface area contributed by atoms with Gasteiger partial charge in [0.05, 0.1) is 19.3 Å². The van der Waals surface area contributed by atoms with E-state index < -0.39 is 0 Å². The molecule has 13 nitrogen and oxygen atoms in total. The summed E-state index contributed by atoms with van der Waals surface area (Å²) in [5.74, 6) is 1.35. The fourth-order valence-corrected chi connectivity index (χ4v) is 5.15. The van der Waals surface area contributed by atoms with Crippen LogP contribution in [0.3, 0.4) is 0 Å². The summed E-state index contributed by atoms with van der Waals surface area (Å²) in [5.41, 5.74) is 1.79. The lowest BCUT2D eigenvalue weighted by molar-refractivity contribution is -0.125. The summed E-state index contributed by atoms with van der Waals surface area (Å²) >= 11 is 0. The number of hydrogen-bond donors (Lipinski definition) is 2. The summed E-state index contributed by atoms with van der Waals surface area (Å²) in [6.07, 6.45) is 6.77. The van der Waals surface area contributed by atoms with Gasteiger partial charge in [0.2, 0.25) is 17.8 Å². The zero-order chi connectivity index (χ0) is 29.5. The highest BCUT2D eigenvalue weighted by Crippen LogP contribution is 2.25. The molecule has 2 aromatic rings. The molecule has 2 fully saturated rings. The zero-order valence-corrected chi connectivity index (χ0v) is 25.0. The quantitative estimate of drug-likeness (QED) is 0.385. The van der Waals surface area contributed by atoms with Crippen LogP contribution in [0.4, 0.5) is 16.7 Å². The van der Waals surface area contributed by atoms with E-state index in [1.165, 1.54) is 0 Å². The predicted molar refractivity (Wildman–Crippen MR) is 157 cm³/mol. The molecule has 41 heavy (non-hydrogen) atoms. The molecular weight excluding hydrogens is 526 g/mol. The summed E-state index contributed by atoms with van der Waals surface area (Å²) in [5, 5.41) is 17.6. The van der Waals surface area contributed by atoms with Crippen molar-refractivity contribution in [1.29, 1.82) is 0 Å². The van der Waals surface area contributed by atoms with E-state index in [9.17, 15) is 14.7 Å². The van der Waals surface area contributed by atoms with Crippen LogP contribution >= 0.6 is 0 Å². The Bertz CT molecular complexity index is 1210. The SMILES string of the molecule is CCN(CCO)c1nc(NC2CCN(C(=O)O[C@@H]3CCN(C(=O)/C=C/CN(C)C)C3)CC2)n2ncc(C(C)C)c2n1. The van der Waals surface area contributed by atoms with Gasteiger partial charge in [0.15, 0.2) is 5.65 Å². The summed E-state index contributed by atoms with van der Waals surface area (Å²) in [6.45, 7) is 10.2. The standard InChI is InChI=1S/C28H45N9O4/c1-6-34(16-17-38)26-31-25-23(20(2)3)18-29-37(25)27(32-26)30-21-9-13-35(14-10-21)28(40)41-22-11-15-36(19-22)24(39)8-7-12-33(4)5/h7-8,18,20-22,38H,6,9-17,19H2,1-5H3,(H,30,31,32)/b8-7+/t22-/m1/s1. The fourth-order valence-electron chi connectivity index (χ4n) is 5.15. The molecule has 4 rings (SSSR count). The van der Waals surface area contributed by atoms with Crippen LogP contribution in [0.1, 0.15) is 51.5 Å². The average molecular weight is 572 g/mol. The lowest BCUT2D eigenvalue weighted by Gasteiger charge is -2.32. The number of carbonyl (C=O) groups is 2. The highest BCUT2D eigenvalue weighted by Gasteiger charge is 2.31. The largest absolute Gasteiger partial charge is 0.444 e. The highest BCUT2D eigenvalue weighted by atomic mass is 16.6. The third-order valence-corrected chi connectivity index (χ3v) is 7.58. The van der Waals surface area contributed by atoms with Crippen molar-refractivity contribution in [2.24, 2.45) is 0 Å². The van der Waals surface area contributed by atoms with Crippen LogP contribution in [0.25, 0.3) is 5.65 Å². The smallest absolute Gasteiger partial charge is 0.410 e. The van der Waals surface area contributed by atoms with Crippen LogP contribution in [0.15, 0.2) is 18.3 Å². The minimum atomic E-state index is -0.325.